The number of nitrogens with zero attached hydrogens (tertiary/aromatic N) is 2. The Morgan fingerprint density at radius 1 is 1.00 bits per heavy atom. The maximum Gasteiger partial charge on any atom is 0.272 e. The van der Waals surface area contributed by atoms with Crippen molar-refractivity contribution in [3.63, 3.8) is 0 Å². The van der Waals surface area contributed by atoms with Gasteiger partial charge in [0.25, 0.3) is 11.1 Å². The van der Waals surface area contributed by atoms with Gasteiger partial charge < -0.3 is 10.6 Å². The molecule has 0 aliphatic heterocycles. The van der Waals surface area contributed by atoms with Crippen LogP contribution in [-0.2, 0) is 16.0 Å². The molecule has 11 heteroatoms. The first-order valence-corrected chi connectivity index (χ1v) is 10.4. The molecule has 0 saturated heterocycles. The number of aryl methyl sites for hydroxylation is 1. The lowest BCUT2D eigenvalue weighted by Gasteiger charge is -2.09. The van der Waals surface area contributed by atoms with E-state index in [1.807, 2.05) is 0 Å². The highest BCUT2D eigenvalue weighted by atomic mass is 19.1. The average Bonchev–Trinajstić information content (AvgIpc) is 3.09. The molecule has 0 saturated carbocycles. The van der Waals surface area contributed by atoms with E-state index in [-0.39, 0.29) is 35.2 Å². The SMILES string of the molecule is Cc1nn(-c2ccc(F)cc2)c(C)c1CC(=O)NCC(=O)Nc1cccc2c(=O)[nH][nH]c(=O)c12. The van der Waals surface area contributed by atoms with Gasteiger partial charge in [-0.3, -0.25) is 29.4 Å². The van der Waals surface area contributed by atoms with Crippen LogP contribution in [0.3, 0.4) is 0 Å². The lowest BCUT2D eigenvalue weighted by atomic mass is 10.1. The number of aromatic amines is 2. The van der Waals surface area contributed by atoms with Gasteiger partial charge in [0.1, 0.15) is 5.82 Å². The van der Waals surface area contributed by atoms with Crippen molar-refractivity contribution in [3.8, 4) is 5.69 Å². The van der Waals surface area contributed by atoms with E-state index in [9.17, 15) is 23.6 Å². The molecule has 4 N–H and O–H groups in total. The monoisotopic (exact) mass is 464 g/mol. The summed E-state index contributed by atoms with van der Waals surface area (Å²) in [7, 11) is 0. The Kier molecular flexibility index (Phi) is 6.09. The number of rotatable bonds is 6. The van der Waals surface area contributed by atoms with E-state index >= 15 is 0 Å². The number of amides is 2. The third-order valence-electron chi connectivity index (χ3n) is 5.40. The van der Waals surface area contributed by atoms with Crippen LogP contribution in [0.4, 0.5) is 10.1 Å². The minimum absolute atomic E-state index is 0.00451. The molecule has 2 heterocycles. The Balaban J connectivity index is 1.42. The molecule has 10 nitrogen and oxygen atoms in total. The first-order chi connectivity index (χ1) is 16.2. The fourth-order valence-corrected chi connectivity index (χ4v) is 3.69. The maximum atomic E-state index is 13.2. The van der Waals surface area contributed by atoms with Crippen LogP contribution in [0.5, 0.6) is 0 Å². The molecule has 2 aromatic carbocycles. The third-order valence-corrected chi connectivity index (χ3v) is 5.40. The van der Waals surface area contributed by atoms with Crippen molar-refractivity contribution in [3.05, 3.63) is 85.9 Å². The van der Waals surface area contributed by atoms with Crippen molar-refractivity contribution in [2.75, 3.05) is 11.9 Å². The molecule has 0 unspecified atom stereocenters. The largest absolute Gasteiger partial charge is 0.347 e. The Labute approximate surface area is 191 Å². The Bertz CT molecular complexity index is 1520. The molecule has 0 fully saturated rings. The lowest BCUT2D eigenvalue weighted by molar-refractivity contribution is -0.123. The van der Waals surface area contributed by atoms with Crippen molar-refractivity contribution in [2.45, 2.75) is 20.3 Å². The minimum atomic E-state index is -0.559. The smallest absolute Gasteiger partial charge is 0.272 e. The highest BCUT2D eigenvalue weighted by Crippen LogP contribution is 2.19. The van der Waals surface area contributed by atoms with Gasteiger partial charge in [-0.25, -0.2) is 9.07 Å². The van der Waals surface area contributed by atoms with E-state index in [0.29, 0.717) is 16.9 Å². The van der Waals surface area contributed by atoms with Gasteiger partial charge in [-0.15, -0.1) is 0 Å². The molecule has 0 atom stereocenters. The summed E-state index contributed by atoms with van der Waals surface area (Å²) in [6, 6.07) is 10.3. The van der Waals surface area contributed by atoms with Crippen LogP contribution in [0, 0.1) is 19.7 Å². The molecule has 2 aromatic heterocycles. The summed E-state index contributed by atoms with van der Waals surface area (Å²) in [5.74, 6) is -1.31. The number of carbonyl (C=O) groups is 2. The quantitative estimate of drug-likeness (QED) is 0.342. The zero-order valence-electron chi connectivity index (χ0n) is 18.4. The van der Waals surface area contributed by atoms with Crippen molar-refractivity contribution in [1.29, 1.82) is 0 Å². The van der Waals surface area contributed by atoms with E-state index < -0.39 is 22.9 Å². The summed E-state index contributed by atoms with van der Waals surface area (Å²) in [6.45, 7) is 3.24. The number of anilines is 1. The van der Waals surface area contributed by atoms with Gasteiger partial charge in [-0.05, 0) is 50.2 Å². The normalized spacial score (nSPS) is 10.9. The van der Waals surface area contributed by atoms with Gasteiger partial charge in [0.2, 0.25) is 11.8 Å². The van der Waals surface area contributed by atoms with Gasteiger partial charge in [0.15, 0.2) is 0 Å². The van der Waals surface area contributed by atoms with Crippen LogP contribution in [0.15, 0.2) is 52.1 Å². The molecule has 0 spiro atoms. The van der Waals surface area contributed by atoms with Crippen molar-refractivity contribution in [1.82, 2.24) is 25.3 Å². The molecule has 34 heavy (non-hydrogen) atoms. The van der Waals surface area contributed by atoms with Crippen molar-refractivity contribution in [2.24, 2.45) is 0 Å². The van der Waals surface area contributed by atoms with E-state index in [4.69, 9.17) is 0 Å². The molecule has 2 amide bonds. The molecule has 174 valence electrons. The van der Waals surface area contributed by atoms with Crippen LogP contribution in [0.25, 0.3) is 16.5 Å². The Morgan fingerprint density at radius 3 is 2.44 bits per heavy atom. The van der Waals surface area contributed by atoms with E-state index in [2.05, 4.69) is 25.9 Å². The predicted octanol–water partition coefficient (Wildman–Crippen LogP) is 1.46. The van der Waals surface area contributed by atoms with Gasteiger partial charge in [0, 0.05) is 11.3 Å². The zero-order chi connectivity index (χ0) is 24.4. The number of benzene rings is 2. The average molecular weight is 464 g/mol. The standard InChI is InChI=1S/C23H21FN6O4/c1-12-17(13(2)30(29-12)15-8-6-14(24)7-9-15)10-19(31)25-11-20(32)26-18-5-3-4-16-21(18)23(34)28-27-22(16)33/h3-9H,10-11H2,1-2H3,(H,25,31)(H,26,32)(H,27,33)(H,28,34). The van der Waals surface area contributed by atoms with Crippen molar-refractivity contribution >= 4 is 28.3 Å². The molecular weight excluding hydrogens is 443 g/mol. The van der Waals surface area contributed by atoms with Crippen LogP contribution in [0.1, 0.15) is 17.0 Å². The van der Waals surface area contributed by atoms with Gasteiger partial charge in [-0.1, -0.05) is 6.07 Å². The predicted molar refractivity (Wildman–Crippen MR) is 124 cm³/mol. The molecule has 0 radical (unpaired) electrons. The number of aromatic nitrogens is 4. The topological polar surface area (TPSA) is 142 Å². The van der Waals surface area contributed by atoms with Gasteiger partial charge in [-0.2, -0.15) is 5.10 Å². The second-order valence-electron chi connectivity index (χ2n) is 7.68. The molecule has 4 aromatic rings. The van der Waals surface area contributed by atoms with Crippen LogP contribution < -0.4 is 21.8 Å². The number of nitrogens with one attached hydrogen (secondary N) is 4. The summed E-state index contributed by atoms with van der Waals surface area (Å²) < 4.78 is 14.8. The summed E-state index contributed by atoms with van der Waals surface area (Å²) in [6.07, 6.45) is -0.00451. The molecule has 0 aliphatic carbocycles. The van der Waals surface area contributed by atoms with E-state index in [0.717, 1.165) is 5.69 Å². The second kappa shape index (κ2) is 9.14. The first kappa shape index (κ1) is 22.6. The molecular formula is C23H21FN6O4. The molecule has 4 rings (SSSR count). The summed E-state index contributed by atoms with van der Waals surface area (Å²) >= 11 is 0. The number of hydrogen-bond acceptors (Lipinski definition) is 5. The summed E-state index contributed by atoms with van der Waals surface area (Å²) in [4.78, 5) is 48.9. The highest BCUT2D eigenvalue weighted by molar-refractivity contribution is 6.02. The summed E-state index contributed by atoms with van der Waals surface area (Å²) in [5, 5.41) is 14.2. The van der Waals surface area contributed by atoms with E-state index in [1.54, 1.807) is 30.7 Å². The summed E-state index contributed by atoms with van der Waals surface area (Å²) in [5.41, 5.74) is 1.84. The third kappa shape index (κ3) is 4.49. The first-order valence-electron chi connectivity index (χ1n) is 10.4. The molecule has 0 aliphatic rings. The zero-order valence-corrected chi connectivity index (χ0v) is 18.4. The van der Waals surface area contributed by atoms with Gasteiger partial charge >= 0.3 is 0 Å². The fourth-order valence-electron chi connectivity index (χ4n) is 3.69. The highest BCUT2D eigenvalue weighted by Gasteiger charge is 2.17. The Morgan fingerprint density at radius 2 is 1.71 bits per heavy atom. The van der Waals surface area contributed by atoms with Crippen molar-refractivity contribution < 1.29 is 14.0 Å². The fraction of sp³-hybridized carbons (Fsp3) is 0.174. The number of halogens is 1. The maximum absolute atomic E-state index is 13.2. The van der Waals surface area contributed by atoms with Crippen LogP contribution >= 0.6 is 0 Å². The second-order valence-corrected chi connectivity index (χ2v) is 7.68. The number of carbonyl (C=O) groups excluding carboxylic acids is 2. The Hall–Kier alpha value is -4.54. The molecule has 0 bridgehead atoms. The number of fused-ring (bicyclic) bond motifs is 1. The lowest BCUT2D eigenvalue weighted by Crippen LogP contribution is -2.34. The van der Waals surface area contributed by atoms with Gasteiger partial charge in [0.05, 0.1) is 40.8 Å². The van der Waals surface area contributed by atoms with Crippen LogP contribution in [-0.4, -0.2) is 38.3 Å². The van der Waals surface area contributed by atoms with E-state index in [1.165, 1.54) is 30.3 Å². The number of hydrogen-bond donors (Lipinski definition) is 4. The minimum Gasteiger partial charge on any atom is -0.347 e. The number of H-pyrrole nitrogens is 2. The van der Waals surface area contributed by atoms with Crippen LogP contribution in [0.2, 0.25) is 0 Å².